The highest BCUT2D eigenvalue weighted by molar-refractivity contribution is 5.79. The standard InChI is InChI=1S/C18H32N6O/c1-14-6-5-9-23(12-14)16(25)15-7-10-22(11-8-15)13-24-17(18(2,3)4)19-20-21-24/h14-15H,5-13H2,1-4H3/t14-/m1/s1. The lowest BCUT2D eigenvalue weighted by Gasteiger charge is -2.37. The number of nitrogens with zero attached hydrogens (tertiary/aromatic N) is 6. The van der Waals surface area contributed by atoms with Crippen molar-refractivity contribution in [2.24, 2.45) is 11.8 Å². The van der Waals surface area contributed by atoms with Gasteiger partial charge in [-0.15, -0.1) is 5.10 Å². The summed E-state index contributed by atoms with van der Waals surface area (Å²) in [5.74, 6) is 2.13. The molecule has 2 aliphatic heterocycles. The minimum Gasteiger partial charge on any atom is -0.342 e. The van der Waals surface area contributed by atoms with Crippen molar-refractivity contribution >= 4 is 5.91 Å². The third kappa shape index (κ3) is 4.37. The highest BCUT2D eigenvalue weighted by Crippen LogP contribution is 2.24. The molecule has 7 nitrogen and oxygen atoms in total. The molecule has 2 aliphatic rings. The van der Waals surface area contributed by atoms with Crippen LogP contribution in [0.25, 0.3) is 0 Å². The van der Waals surface area contributed by atoms with Crippen LogP contribution >= 0.6 is 0 Å². The first-order chi connectivity index (χ1) is 11.8. The van der Waals surface area contributed by atoms with Gasteiger partial charge in [0.2, 0.25) is 5.91 Å². The Morgan fingerprint density at radius 1 is 1.16 bits per heavy atom. The Balaban J connectivity index is 1.52. The van der Waals surface area contributed by atoms with Gasteiger partial charge in [0.05, 0.1) is 6.67 Å². The molecule has 140 valence electrons. The summed E-state index contributed by atoms with van der Waals surface area (Å²) in [7, 11) is 0. The number of aromatic nitrogens is 4. The van der Waals surface area contributed by atoms with Crippen molar-refractivity contribution in [3.05, 3.63) is 5.82 Å². The number of likely N-dealkylation sites (tertiary alicyclic amines) is 2. The van der Waals surface area contributed by atoms with E-state index in [1.54, 1.807) is 0 Å². The summed E-state index contributed by atoms with van der Waals surface area (Å²) in [6, 6.07) is 0. The molecule has 1 atom stereocenters. The molecule has 0 aromatic carbocycles. The number of rotatable bonds is 3. The molecule has 0 radical (unpaired) electrons. The fourth-order valence-electron chi connectivity index (χ4n) is 4.00. The summed E-state index contributed by atoms with van der Waals surface area (Å²) >= 11 is 0. The topological polar surface area (TPSA) is 67.2 Å². The monoisotopic (exact) mass is 348 g/mol. The third-order valence-electron chi connectivity index (χ3n) is 5.44. The lowest BCUT2D eigenvalue weighted by molar-refractivity contribution is -0.139. The van der Waals surface area contributed by atoms with Gasteiger partial charge in [0.25, 0.3) is 0 Å². The first-order valence-electron chi connectivity index (χ1n) is 9.62. The van der Waals surface area contributed by atoms with Gasteiger partial charge in [-0.05, 0) is 42.0 Å². The van der Waals surface area contributed by atoms with Crippen LogP contribution in [0.2, 0.25) is 0 Å². The number of carbonyl (C=O) groups is 1. The van der Waals surface area contributed by atoms with Crippen LogP contribution in [0.3, 0.4) is 0 Å². The van der Waals surface area contributed by atoms with Gasteiger partial charge in [-0.1, -0.05) is 27.7 Å². The van der Waals surface area contributed by atoms with Gasteiger partial charge in [0.15, 0.2) is 5.82 Å². The molecule has 3 rings (SSSR count). The van der Waals surface area contributed by atoms with Gasteiger partial charge < -0.3 is 4.90 Å². The summed E-state index contributed by atoms with van der Waals surface area (Å²) in [6.45, 7) is 13.1. The van der Waals surface area contributed by atoms with Crippen molar-refractivity contribution in [2.75, 3.05) is 26.2 Å². The molecule has 0 aliphatic carbocycles. The van der Waals surface area contributed by atoms with Gasteiger partial charge in [0.1, 0.15) is 0 Å². The van der Waals surface area contributed by atoms with Crippen molar-refractivity contribution in [3.8, 4) is 0 Å². The summed E-state index contributed by atoms with van der Waals surface area (Å²) in [4.78, 5) is 17.2. The second-order valence-electron chi connectivity index (χ2n) is 8.82. The van der Waals surface area contributed by atoms with Gasteiger partial charge in [-0.3, -0.25) is 9.69 Å². The van der Waals surface area contributed by atoms with E-state index < -0.39 is 0 Å². The van der Waals surface area contributed by atoms with E-state index in [4.69, 9.17) is 0 Å². The lowest BCUT2D eigenvalue weighted by Crippen LogP contribution is -2.46. The third-order valence-corrected chi connectivity index (χ3v) is 5.44. The molecular weight excluding hydrogens is 316 g/mol. The summed E-state index contributed by atoms with van der Waals surface area (Å²) in [5, 5.41) is 12.2. The Morgan fingerprint density at radius 2 is 1.88 bits per heavy atom. The Labute approximate surface area is 150 Å². The highest BCUT2D eigenvalue weighted by Gasteiger charge is 2.31. The molecule has 7 heteroatoms. The van der Waals surface area contributed by atoms with E-state index in [-0.39, 0.29) is 11.3 Å². The molecule has 1 aromatic rings. The van der Waals surface area contributed by atoms with Crippen LogP contribution < -0.4 is 0 Å². The summed E-state index contributed by atoms with van der Waals surface area (Å²) < 4.78 is 1.90. The van der Waals surface area contributed by atoms with Crippen LogP contribution in [0.4, 0.5) is 0 Å². The number of tetrazole rings is 1. The maximum Gasteiger partial charge on any atom is 0.225 e. The number of carbonyl (C=O) groups excluding carboxylic acids is 1. The molecule has 1 amide bonds. The van der Waals surface area contributed by atoms with E-state index in [1.807, 2.05) is 4.68 Å². The zero-order valence-electron chi connectivity index (χ0n) is 16.1. The molecule has 0 spiro atoms. The van der Waals surface area contributed by atoms with Gasteiger partial charge in [0, 0.05) is 37.5 Å². The van der Waals surface area contributed by atoms with Crippen LogP contribution in [0.15, 0.2) is 0 Å². The molecule has 0 bridgehead atoms. The predicted octanol–water partition coefficient (Wildman–Crippen LogP) is 1.90. The molecular formula is C18H32N6O. The van der Waals surface area contributed by atoms with Crippen molar-refractivity contribution in [1.29, 1.82) is 0 Å². The maximum absolute atomic E-state index is 12.8. The van der Waals surface area contributed by atoms with E-state index in [0.717, 1.165) is 51.3 Å². The number of hydrogen-bond donors (Lipinski definition) is 0. The van der Waals surface area contributed by atoms with Crippen LogP contribution in [-0.2, 0) is 16.9 Å². The van der Waals surface area contributed by atoms with Crippen molar-refractivity contribution in [2.45, 2.75) is 65.5 Å². The fraction of sp³-hybridized carbons (Fsp3) is 0.889. The molecule has 0 unspecified atom stereocenters. The lowest BCUT2D eigenvalue weighted by atomic mass is 9.93. The summed E-state index contributed by atoms with van der Waals surface area (Å²) in [6.07, 6.45) is 4.29. The van der Waals surface area contributed by atoms with E-state index in [0.29, 0.717) is 18.5 Å². The van der Waals surface area contributed by atoms with Crippen LogP contribution in [-0.4, -0.2) is 62.1 Å². The Kier molecular flexibility index (Phi) is 5.41. The van der Waals surface area contributed by atoms with E-state index in [1.165, 1.54) is 6.42 Å². The molecule has 2 saturated heterocycles. The second kappa shape index (κ2) is 7.40. The Bertz CT molecular complexity index is 585. The molecule has 2 fully saturated rings. The van der Waals surface area contributed by atoms with Crippen molar-refractivity contribution in [3.63, 3.8) is 0 Å². The van der Waals surface area contributed by atoms with E-state index in [9.17, 15) is 4.79 Å². The average Bonchev–Trinajstić information content (AvgIpc) is 3.03. The normalized spacial score (nSPS) is 23.8. The quantitative estimate of drug-likeness (QED) is 0.834. The maximum atomic E-state index is 12.8. The fourth-order valence-corrected chi connectivity index (χ4v) is 4.00. The van der Waals surface area contributed by atoms with Crippen LogP contribution in [0.1, 0.15) is 59.2 Å². The number of hydrogen-bond acceptors (Lipinski definition) is 5. The first-order valence-corrected chi connectivity index (χ1v) is 9.62. The average molecular weight is 348 g/mol. The number of piperidine rings is 2. The highest BCUT2D eigenvalue weighted by atomic mass is 16.2. The van der Waals surface area contributed by atoms with Gasteiger partial charge in [-0.25, -0.2) is 4.68 Å². The Hall–Kier alpha value is -1.50. The minimum absolute atomic E-state index is 0.0667. The van der Waals surface area contributed by atoms with Crippen LogP contribution in [0, 0.1) is 11.8 Å². The largest absolute Gasteiger partial charge is 0.342 e. The molecule has 0 N–H and O–H groups in total. The van der Waals surface area contributed by atoms with E-state index >= 15 is 0 Å². The van der Waals surface area contributed by atoms with Crippen molar-refractivity contribution in [1.82, 2.24) is 30.0 Å². The molecule has 1 aromatic heterocycles. The molecule has 0 saturated carbocycles. The van der Waals surface area contributed by atoms with Gasteiger partial charge >= 0.3 is 0 Å². The van der Waals surface area contributed by atoms with Crippen molar-refractivity contribution < 1.29 is 4.79 Å². The number of amides is 1. The predicted molar refractivity (Wildman–Crippen MR) is 95.8 cm³/mol. The van der Waals surface area contributed by atoms with Gasteiger partial charge in [-0.2, -0.15) is 0 Å². The smallest absolute Gasteiger partial charge is 0.225 e. The van der Waals surface area contributed by atoms with E-state index in [2.05, 4.69) is 53.0 Å². The minimum atomic E-state index is -0.0667. The first kappa shape index (κ1) is 18.3. The van der Waals surface area contributed by atoms with Crippen LogP contribution in [0.5, 0.6) is 0 Å². The SMILES string of the molecule is C[C@@H]1CCCN(C(=O)C2CCN(Cn3nnnc3C(C)(C)C)CC2)C1. The second-order valence-corrected chi connectivity index (χ2v) is 8.82. The molecule has 3 heterocycles. The summed E-state index contributed by atoms with van der Waals surface area (Å²) in [5.41, 5.74) is -0.0667. The Morgan fingerprint density at radius 3 is 2.52 bits per heavy atom. The zero-order valence-corrected chi connectivity index (χ0v) is 16.1. The molecule has 25 heavy (non-hydrogen) atoms. The zero-order chi connectivity index (χ0) is 18.0.